The van der Waals surface area contributed by atoms with E-state index in [0.717, 1.165) is 6.04 Å². The highest BCUT2D eigenvalue weighted by Gasteiger charge is 2.27. The lowest BCUT2D eigenvalue weighted by molar-refractivity contribution is 0.291. The second kappa shape index (κ2) is 5.25. The van der Waals surface area contributed by atoms with Crippen molar-refractivity contribution >= 4 is 11.3 Å². The molecule has 1 aromatic heterocycles. The summed E-state index contributed by atoms with van der Waals surface area (Å²) < 4.78 is 0. The van der Waals surface area contributed by atoms with E-state index in [1.54, 1.807) is 11.3 Å². The van der Waals surface area contributed by atoms with Crippen molar-refractivity contribution in [2.24, 2.45) is 0 Å². The van der Waals surface area contributed by atoms with E-state index in [4.69, 9.17) is 0 Å². The van der Waals surface area contributed by atoms with Gasteiger partial charge in [0.05, 0.1) is 6.04 Å². The van der Waals surface area contributed by atoms with Crippen LogP contribution in [0.1, 0.15) is 37.2 Å². The average Bonchev–Trinajstić information content (AvgIpc) is 2.87. The van der Waals surface area contributed by atoms with Crippen molar-refractivity contribution in [1.29, 1.82) is 0 Å². The molecule has 0 aliphatic heterocycles. The van der Waals surface area contributed by atoms with Crippen molar-refractivity contribution < 1.29 is 0 Å². The lowest BCUT2D eigenvalue weighted by Crippen LogP contribution is -2.32. The maximum atomic E-state index is 4.36. The summed E-state index contributed by atoms with van der Waals surface area (Å²) in [4.78, 5) is 6.70. The van der Waals surface area contributed by atoms with E-state index < -0.39 is 0 Å². The molecule has 16 heavy (non-hydrogen) atoms. The van der Waals surface area contributed by atoms with Gasteiger partial charge in [0, 0.05) is 23.7 Å². The quantitative estimate of drug-likeness (QED) is 0.873. The Morgan fingerprint density at radius 3 is 2.88 bits per heavy atom. The fourth-order valence-electron chi connectivity index (χ4n) is 2.45. The van der Waals surface area contributed by atoms with Gasteiger partial charge in [0.2, 0.25) is 0 Å². The number of hydrogen-bond acceptors (Lipinski definition) is 4. The first kappa shape index (κ1) is 12.0. The predicted octanol–water partition coefficient (Wildman–Crippen LogP) is 2.28. The van der Waals surface area contributed by atoms with Crippen LogP contribution in [-0.2, 0) is 0 Å². The first-order chi connectivity index (χ1) is 7.66. The second-order valence-electron chi connectivity index (χ2n) is 4.89. The van der Waals surface area contributed by atoms with Crippen molar-refractivity contribution in [2.45, 2.75) is 44.3 Å². The van der Waals surface area contributed by atoms with Crippen LogP contribution in [0.3, 0.4) is 0 Å². The highest BCUT2D eigenvalue weighted by atomic mass is 32.1. The smallest absolute Gasteiger partial charge is 0.109 e. The summed E-state index contributed by atoms with van der Waals surface area (Å²) in [5.41, 5.74) is 0. The maximum absolute atomic E-state index is 4.36. The maximum Gasteiger partial charge on any atom is 0.109 e. The van der Waals surface area contributed by atoms with Gasteiger partial charge in [-0.3, -0.25) is 0 Å². The van der Waals surface area contributed by atoms with E-state index in [9.17, 15) is 0 Å². The van der Waals surface area contributed by atoms with Gasteiger partial charge in [-0.05, 0) is 40.3 Å². The minimum absolute atomic E-state index is 0.394. The largest absolute Gasteiger partial charge is 0.306 e. The van der Waals surface area contributed by atoms with Crippen LogP contribution in [-0.4, -0.2) is 36.1 Å². The number of rotatable bonds is 4. The van der Waals surface area contributed by atoms with Crippen LogP contribution in [0.2, 0.25) is 0 Å². The molecule has 1 heterocycles. The van der Waals surface area contributed by atoms with Crippen LogP contribution >= 0.6 is 11.3 Å². The Morgan fingerprint density at radius 1 is 1.50 bits per heavy atom. The van der Waals surface area contributed by atoms with E-state index in [0.29, 0.717) is 12.1 Å². The lowest BCUT2D eigenvalue weighted by Gasteiger charge is -2.21. The van der Waals surface area contributed by atoms with Gasteiger partial charge in [-0.25, -0.2) is 4.98 Å². The number of nitrogens with one attached hydrogen (secondary N) is 1. The summed E-state index contributed by atoms with van der Waals surface area (Å²) >= 11 is 1.74. The third-order valence-electron chi connectivity index (χ3n) is 3.44. The first-order valence-electron chi connectivity index (χ1n) is 5.98. The Balaban J connectivity index is 1.83. The molecule has 90 valence electrons. The molecule has 0 amide bonds. The zero-order chi connectivity index (χ0) is 11.5. The van der Waals surface area contributed by atoms with Crippen LogP contribution in [0.5, 0.6) is 0 Å². The molecule has 1 aromatic rings. The first-order valence-corrected chi connectivity index (χ1v) is 6.86. The van der Waals surface area contributed by atoms with Gasteiger partial charge < -0.3 is 10.2 Å². The number of aromatic nitrogens is 1. The molecule has 1 aliphatic rings. The molecule has 0 aromatic carbocycles. The van der Waals surface area contributed by atoms with Crippen LogP contribution in [0.4, 0.5) is 0 Å². The molecule has 1 N–H and O–H groups in total. The second-order valence-corrected chi connectivity index (χ2v) is 5.81. The summed E-state index contributed by atoms with van der Waals surface area (Å²) in [5, 5.41) is 6.94. The van der Waals surface area contributed by atoms with Gasteiger partial charge in [-0.2, -0.15) is 0 Å². The summed E-state index contributed by atoms with van der Waals surface area (Å²) in [6, 6.07) is 1.80. The highest BCUT2D eigenvalue weighted by molar-refractivity contribution is 7.09. The normalized spacial score (nSPS) is 27.5. The molecule has 3 unspecified atom stereocenters. The predicted molar refractivity (Wildman–Crippen MR) is 68.8 cm³/mol. The molecule has 0 bridgehead atoms. The monoisotopic (exact) mass is 239 g/mol. The van der Waals surface area contributed by atoms with Crippen LogP contribution < -0.4 is 5.32 Å². The standard InChI is InChI=1S/C12H21N3S/c1-9(12-13-6-7-16-12)14-10-4-5-11(8-10)15(2)3/h6-7,9-11,14H,4-5,8H2,1-3H3. The number of thiazole rings is 1. The van der Waals surface area contributed by atoms with Crippen molar-refractivity contribution in [3.63, 3.8) is 0 Å². The molecule has 1 aliphatic carbocycles. The summed E-state index contributed by atoms with van der Waals surface area (Å²) in [7, 11) is 4.36. The van der Waals surface area contributed by atoms with E-state index in [1.807, 2.05) is 11.6 Å². The zero-order valence-electron chi connectivity index (χ0n) is 10.3. The molecule has 2 rings (SSSR count). The fourth-order valence-corrected chi connectivity index (χ4v) is 3.11. The van der Waals surface area contributed by atoms with Crippen LogP contribution in [0.25, 0.3) is 0 Å². The Hall–Kier alpha value is -0.450. The Bertz CT molecular complexity index is 310. The summed E-state index contributed by atoms with van der Waals surface area (Å²) in [5.74, 6) is 0. The molecule has 4 heteroatoms. The summed E-state index contributed by atoms with van der Waals surface area (Å²) in [6.07, 6.45) is 5.76. The minimum Gasteiger partial charge on any atom is -0.306 e. The average molecular weight is 239 g/mol. The van der Waals surface area contributed by atoms with Gasteiger partial charge in [0.15, 0.2) is 0 Å². The third-order valence-corrected chi connectivity index (χ3v) is 4.40. The number of nitrogens with zero attached hydrogens (tertiary/aromatic N) is 2. The molecule has 0 saturated heterocycles. The van der Waals surface area contributed by atoms with E-state index in [-0.39, 0.29) is 0 Å². The van der Waals surface area contributed by atoms with Crippen LogP contribution in [0.15, 0.2) is 11.6 Å². The molecule has 3 nitrogen and oxygen atoms in total. The minimum atomic E-state index is 0.394. The topological polar surface area (TPSA) is 28.2 Å². The van der Waals surface area contributed by atoms with Gasteiger partial charge in [-0.15, -0.1) is 11.3 Å². The Kier molecular flexibility index (Phi) is 3.95. The molecular formula is C12H21N3S. The van der Waals surface area contributed by atoms with Gasteiger partial charge in [-0.1, -0.05) is 0 Å². The van der Waals surface area contributed by atoms with Crippen LogP contribution in [0, 0.1) is 0 Å². The Labute approximate surface area is 102 Å². The fraction of sp³-hybridized carbons (Fsp3) is 0.750. The lowest BCUT2D eigenvalue weighted by atomic mass is 10.2. The highest BCUT2D eigenvalue weighted by Crippen LogP contribution is 2.25. The zero-order valence-corrected chi connectivity index (χ0v) is 11.1. The number of hydrogen-bond donors (Lipinski definition) is 1. The van der Waals surface area contributed by atoms with Gasteiger partial charge in [0.25, 0.3) is 0 Å². The SMILES string of the molecule is CC(NC1CCC(N(C)C)C1)c1nccs1. The molecule has 0 radical (unpaired) electrons. The van der Waals surface area contributed by atoms with Crippen molar-refractivity contribution in [2.75, 3.05) is 14.1 Å². The van der Waals surface area contributed by atoms with E-state index in [2.05, 4.69) is 36.2 Å². The van der Waals surface area contributed by atoms with Gasteiger partial charge >= 0.3 is 0 Å². The van der Waals surface area contributed by atoms with E-state index in [1.165, 1.54) is 24.3 Å². The Morgan fingerprint density at radius 2 is 2.31 bits per heavy atom. The molecular weight excluding hydrogens is 218 g/mol. The molecule has 1 saturated carbocycles. The third kappa shape index (κ3) is 2.81. The van der Waals surface area contributed by atoms with E-state index >= 15 is 0 Å². The molecule has 3 atom stereocenters. The van der Waals surface area contributed by atoms with Crippen molar-refractivity contribution in [3.8, 4) is 0 Å². The van der Waals surface area contributed by atoms with Crippen molar-refractivity contribution in [3.05, 3.63) is 16.6 Å². The molecule has 1 fully saturated rings. The summed E-state index contributed by atoms with van der Waals surface area (Å²) in [6.45, 7) is 2.21. The van der Waals surface area contributed by atoms with Gasteiger partial charge in [0.1, 0.15) is 5.01 Å². The van der Waals surface area contributed by atoms with Crippen molar-refractivity contribution in [1.82, 2.24) is 15.2 Å². The molecule has 0 spiro atoms.